The second kappa shape index (κ2) is 4.30. The van der Waals surface area contributed by atoms with Crippen LogP contribution in [-0.2, 0) is 0 Å². The maximum Gasteiger partial charge on any atom is 0.191 e. The zero-order valence-electron chi connectivity index (χ0n) is 11.0. The van der Waals surface area contributed by atoms with Crippen molar-refractivity contribution in [1.82, 2.24) is 4.90 Å². The summed E-state index contributed by atoms with van der Waals surface area (Å²) >= 11 is 0. The van der Waals surface area contributed by atoms with Crippen molar-refractivity contribution in [3.8, 4) is 0 Å². The van der Waals surface area contributed by atoms with Gasteiger partial charge < -0.3 is 10.6 Å². The number of aliphatic imine (C=N–C) groups is 1. The van der Waals surface area contributed by atoms with E-state index in [1.807, 2.05) is 0 Å². The average Bonchev–Trinajstić information content (AvgIpc) is 2.70. The van der Waals surface area contributed by atoms with E-state index in [-0.39, 0.29) is 5.54 Å². The van der Waals surface area contributed by atoms with E-state index in [0.717, 1.165) is 6.54 Å². The molecule has 0 amide bonds. The Balaban J connectivity index is 1.69. The van der Waals surface area contributed by atoms with E-state index in [1.54, 1.807) is 0 Å². The van der Waals surface area contributed by atoms with Crippen LogP contribution in [0.1, 0.15) is 37.2 Å². The molecule has 1 fully saturated rings. The Hall–Kier alpha value is -1.51. The van der Waals surface area contributed by atoms with Crippen molar-refractivity contribution in [2.75, 3.05) is 13.6 Å². The topological polar surface area (TPSA) is 41.6 Å². The highest BCUT2D eigenvalue weighted by Crippen LogP contribution is 2.42. The van der Waals surface area contributed by atoms with Crippen LogP contribution in [0.4, 0.5) is 0 Å². The van der Waals surface area contributed by atoms with Crippen LogP contribution in [0, 0.1) is 0 Å². The minimum absolute atomic E-state index is 0.218. The van der Waals surface area contributed by atoms with Gasteiger partial charge in [-0.25, -0.2) is 0 Å². The first kappa shape index (κ1) is 11.6. The zero-order chi connectivity index (χ0) is 12.6. The molecule has 3 nitrogen and oxygen atoms in total. The Bertz CT molecular complexity index is 444. The average molecular weight is 243 g/mol. The molecule has 1 heterocycles. The molecule has 0 saturated heterocycles. The molecule has 1 aromatic carbocycles. The number of hydrogen-bond donors (Lipinski definition) is 1. The number of nitrogens with zero attached hydrogens (tertiary/aromatic N) is 2. The Morgan fingerprint density at radius 1 is 1.22 bits per heavy atom. The summed E-state index contributed by atoms with van der Waals surface area (Å²) in [6, 6.07) is 10.9. The molecule has 3 rings (SSSR count). The van der Waals surface area contributed by atoms with Gasteiger partial charge in [0, 0.05) is 7.05 Å². The van der Waals surface area contributed by atoms with Crippen molar-refractivity contribution in [3.63, 3.8) is 0 Å². The fourth-order valence-corrected chi connectivity index (χ4v) is 3.39. The molecule has 0 aromatic heterocycles. The first-order valence-electron chi connectivity index (χ1n) is 6.80. The molecule has 18 heavy (non-hydrogen) atoms. The lowest BCUT2D eigenvalue weighted by Crippen LogP contribution is -2.51. The van der Waals surface area contributed by atoms with Crippen LogP contribution in [0.3, 0.4) is 0 Å². The number of hydrogen-bond acceptors (Lipinski definition) is 3. The second-order valence-corrected chi connectivity index (χ2v) is 5.64. The third kappa shape index (κ3) is 1.78. The van der Waals surface area contributed by atoms with Crippen LogP contribution < -0.4 is 5.73 Å². The van der Waals surface area contributed by atoms with Crippen molar-refractivity contribution >= 4 is 5.96 Å². The molecule has 1 saturated carbocycles. The van der Waals surface area contributed by atoms with Crippen LogP contribution in [0.5, 0.6) is 0 Å². The third-order valence-corrected chi connectivity index (χ3v) is 4.78. The summed E-state index contributed by atoms with van der Waals surface area (Å²) in [5.41, 5.74) is 7.61. The van der Waals surface area contributed by atoms with Crippen LogP contribution in [0.15, 0.2) is 35.3 Å². The quantitative estimate of drug-likeness (QED) is 0.822. The van der Waals surface area contributed by atoms with Crippen molar-refractivity contribution in [2.24, 2.45) is 10.7 Å². The highest BCUT2D eigenvalue weighted by molar-refractivity contribution is 5.80. The maximum atomic E-state index is 5.91. The normalized spacial score (nSPS) is 31.7. The van der Waals surface area contributed by atoms with Gasteiger partial charge in [-0.1, -0.05) is 30.3 Å². The highest BCUT2D eigenvalue weighted by Gasteiger charge is 2.42. The van der Waals surface area contributed by atoms with Crippen LogP contribution in [-0.4, -0.2) is 30.0 Å². The molecule has 0 radical (unpaired) electrons. The largest absolute Gasteiger partial charge is 0.370 e. The predicted molar refractivity (Wildman–Crippen MR) is 74.6 cm³/mol. The molecule has 3 heteroatoms. The van der Waals surface area contributed by atoms with Gasteiger partial charge in [0.25, 0.3) is 0 Å². The van der Waals surface area contributed by atoms with Gasteiger partial charge in [0.15, 0.2) is 5.96 Å². The van der Waals surface area contributed by atoms with Crippen LogP contribution in [0.25, 0.3) is 0 Å². The second-order valence-electron chi connectivity index (χ2n) is 5.64. The molecular formula is C15H21N3. The first-order valence-corrected chi connectivity index (χ1v) is 6.80. The first-order chi connectivity index (χ1) is 8.71. The lowest BCUT2D eigenvalue weighted by molar-refractivity contribution is 0.155. The predicted octanol–water partition coefficient (Wildman–Crippen LogP) is 2.34. The van der Waals surface area contributed by atoms with Crippen molar-refractivity contribution in [3.05, 3.63) is 35.9 Å². The molecular weight excluding hydrogens is 222 g/mol. The smallest absolute Gasteiger partial charge is 0.191 e. The van der Waals surface area contributed by atoms with E-state index in [2.05, 4.69) is 47.3 Å². The number of rotatable bonds is 1. The van der Waals surface area contributed by atoms with Gasteiger partial charge in [-0.05, 0) is 37.2 Å². The molecule has 1 aliphatic carbocycles. The van der Waals surface area contributed by atoms with Crippen LogP contribution in [0.2, 0.25) is 0 Å². The Labute approximate surface area is 109 Å². The SMILES string of the molecule is CN1C(N)=NCC12CCC(c1ccccc1)CC2. The van der Waals surface area contributed by atoms with Gasteiger partial charge in [0.05, 0.1) is 12.1 Å². The van der Waals surface area contributed by atoms with Gasteiger partial charge in [0.1, 0.15) is 0 Å². The molecule has 1 aliphatic heterocycles. The Morgan fingerprint density at radius 3 is 2.44 bits per heavy atom. The number of benzene rings is 1. The standard InChI is InChI=1S/C15H21N3/c1-18-14(16)17-11-15(18)9-7-13(8-10-15)12-5-3-2-4-6-12/h2-6,13H,7-11H2,1H3,(H2,16,17). The third-order valence-electron chi connectivity index (χ3n) is 4.78. The monoisotopic (exact) mass is 243 g/mol. The minimum Gasteiger partial charge on any atom is -0.370 e. The number of nitrogens with two attached hydrogens (primary N) is 1. The fourth-order valence-electron chi connectivity index (χ4n) is 3.39. The molecule has 2 aliphatic rings. The van der Waals surface area contributed by atoms with Gasteiger partial charge in [-0.15, -0.1) is 0 Å². The van der Waals surface area contributed by atoms with E-state index < -0.39 is 0 Å². The molecule has 1 spiro atoms. The molecule has 1 aromatic rings. The summed E-state index contributed by atoms with van der Waals surface area (Å²) in [6.45, 7) is 0.886. The molecule has 2 N–H and O–H groups in total. The van der Waals surface area contributed by atoms with Crippen molar-refractivity contribution in [1.29, 1.82) is 0 Å². The van der Waals surface area contributed by atoms with Gasteiger partial charge in [0.2, 0.25) is 0 Å². The van der Waals surface area contributed by atoms with E-state index in [9.17, 15) is 0 Å². The van der Waals surface area contributed by atoms with Crippen molar-refractivity contribution in [2.45, 2.75) is 37.1 Å². The maximum absolute atomic E-state index is 5.91. The summed E-state index contributed by atoms with van der Waals surface area (Å²) in [5, 5.41) is 0. The number of guanidine groups is 1. The van der Waals surface area contributed by atoms with Crippen LogP contribution >= 0.6 is 0 Å². The number of likely N-dealkylation sites (N-methyl/N-ethyl adjacent to an activating group) is 1. The molecule has 96 valence electrons. The summed E-state index contributed by atoms with van der Waals surface area (Å²) in [6.07, 6.45) is 4.90. The fraction of sp³-hybridized carbons (Fsp3) is 0.533. The molecule has 0 bridgehead atoms. The van der Waals surface area contributed by atoms with E-state index in [1.165, 1.54) is 31.2 Å². The lowest BCUT2D eigenvalue weighted by atomic mass is 9.74. The van der Waals surface area contributed by atoms with E-state index >= 15 is 0 Å². The zero-order valence-corrected chi connectivity index (χ0v) is 11.0. The van der Waals surface area contributed by atoms with Gasteiger partial charge in [-0.3, -0.25) is 4.99 Å². The highest BCUT2D eigenvalue weighted by atomic mass is 15.3. The lowest BCUT2D eigenvalue weighted by Gasteiger charge is -2.42. The molecule has 0 atom stereocenters. The van der Waals surface area contributed by atoms with Gasteiger partial charge >= 0.3 is 0 Å². The summed E-state index contributed by atoms with van der Waals surface area (Å²) in [5.74, 6) is 1.43. The van der Waals surface area contributed by atoms with E-state index in [4.69, 9.17) is 5.73 Å². The minimum atomic E-state index is 0.218. The van der Waals surface area contributed by atoms with Gasteiger partial charge in [-0.2, -0.15) is 0 Å². The summed E-state index contributed by atoms with van der Waals surface area (Å²) < 4.78 is 0. The Morgan fingerprint density at radius 2 is 1.89 bits per heavy atom. The summed E-state index contributed by atoms with van der Waals surface area (Å²) in [7, 11) is 2.09. The van der Waals surface area contributed by atoms with E-state index in [0.29, 0.717) is 11.9 Å². The summed E-state index contributed by atoms with van der Waals surface area (Å²) in [4.78, 5) is 6.61. The molecule has 0 unspecified atom stereocenters. The Kier molecular flexibility index (Phi) is 2.77. The van der Waals surface area contributed by atoms with Crippen molar-refractivity contribution < 1.29 is 0 Å².